The van der Waals surface area contributed by atoms with Crippen molar-refractivity contribution in [3.05, 3.63) is 69.7 Å². The molecule has 3 fully saturated rings. The molecule has 4 atom stereocenters. The van der Waals surface area contributed by atoms with Gasteiger partial charge in [0.25, 0.3) is 0 Å². The van der Waals surface area contributed by atoms with Gasteiger partial charge in [-0.3, -0.25) is 9.59 Å². The lowest BCUT2D eigenvalue weighted by Crippen LogP contribution is -2.59. The van der Waals surface area contributed by atoms with Gasteiger partial charge >= 0.3 is 5.97 Å². The van der Waals surface area contributed by atoms with E-state index in [0.29, 0.717) is 35.7 Å². The third kappa shape index (κ3) is 6.47. The van der Waals surface area contributed by atoms with Gasteiger partial charge in [-0.15, -0.1) is 0 Å². The van der Waals surface area contributed by atoms with E-state index in [9.17, 15) is 23.1 Å². The first-order valence-electron chi connectivity index (χ1n) is 14.8. The maximum Gasteiger partial charge on any atom is 0.304 e. The minimum Gasteiger partial charge on any atom is -0.481 e. The number of halogens is 2. The van der Waals surface area contributed by atoms with Gasteiger partial charge in [0.1, 0.15) is 0 Å². The quantitative estimate of drug-likeness (QED) is 0.298. The maximum atomic E-state index is 14.8. The van der Waals surface area contributed by atoms with Gasteiger partial charge in [0.15, 0.2) is 9.84 Å². The van der Waals surface area contributed by atoms with Gasteiger partial charge < -0.3 is 10.0 Å². The molecular formula is C32H39Cl2NO5S. The highest BCUT2D eigenvalue weighted by Gasteiger charge is 2.56. The van der Waals surface area contributed by atoms with Crippen molar-refractivity contribution in [3.8, 4) is 0 Å². The van der Waals surface area contributed by atoms with Gasteiger partial charge in [0, 0.05) is 22.0 Å². The predicted octanol–water partition coefficient (Wildman–Crippen LogP) is 7.45. The van der Waals surface area contributed by atoms with Crippen LogP contribution in [0.4, 0.5) is 0 Å². The Bertz CT molecular complexity index is 1370. The summed E-state index contributed by atoms with van der Waals surface area (Å²) in [5.41, 5.74) is 0.597. The number of likely N-dealkylation sites (tertiary alicyclic amines) is 1. The normalized spacial score (nSPS) is 26.6. The molecule has 0 bridgehead atoms. The fourth-order valence-electron chi connectivity index (χ4n) is 7.24. The number of carbonyl (C=O) groups excluding carboxylic acids is 1. The average molecular weight is 621 g/mol. The monoisotopic (exact) mass is 619 g/mol. The van der Waals surface area contributed by atoms with Gasteiger partial charge in [-0.1, -0.05) is 73.7 Å². The number of sulfone groups is 1. The number of hydrogen-bond donors (Lipinski definition) is 1. The molecule has 2 saturated carbocycles. The number of piperidine rings is 1. The minimum atomic E-state index is -3.48. The zero-order chi connectivity index (χ0) is 29.4. The van der Waals surface area contributed by atoms with Crippen molar-refractivity contribution in [3.63, 3.8) is 0 Å². The van der Waals surface area contributed by atoms with E-state index in [1.54, 1.807) is 18.2 Å². The second-order valence-electron chi connectivity index (χ2n) is 12.3. The molecule has 3 aliphatic rings. The van der Waals surface area contributed by atoms with Crippen molar-refractivity contribution in [1.82, 2.24) is 4.90 Å². The Morgan fingerprint density at radius 2 is 1.68 bits per heavy atom. The minimum absolute atomic E-state index is 0.0598. The molecule has 0 aromatic heterocycles. The molecule has 2 aromatic carbocycles. The molecule has 1 N–H and O–H groups in total. The number of hydrogen-bond acceptors (Lipinski definition) is 4. The molecule has 5 rings (SSSR count). The average Bonchev–Trinajstić information content (AvgIpc) is 3.79. The zero-order valence-electron chi connectivity index (χ0n) is 23.5. The van der Waals surface area contributed by atoms with Crippen LogP contribution in [0.25, 0.3) is 0 Å². The predicted molar refractivity (Wildman–Crippen MR) is 162 cm³/mol. The van der Waals surface area contributed by atoms with Crippen LogP contribution in [-0.4, -0.2) is 47.3 Å². The van der Waals surface area contributed by atoms with Crippen LogP contribution in [0.3, 0.4) is 0 Å². The Balaban J connectivity index is 1.67. The first kappa shape index (κ1) is 30.4. The second kappa shape index (κ2) is 12.3. The number of aliphatic carboxylic acids is 1. The van der Waals surface area contributed by atoms with Gasteiger partial charge in [0.05, 0.1) is 28.9 Å². The second-order valence-corrected chi connectivity index (χ2v) is 15.5. The summed E-state index contributed by atoms with van der Waals surface area (Å²) in [7, 11) is -3.48. The van der Waals surface area contributed by atoms with E-state index in [1.165, 1.54) is 0 Å². The van der Waals surface area contributed by atoms with Crippen molar-refractivity contribution in [2.24, 2.45) is 11.3 Å². The van der Waals surface area contributed by atoms with E-state index in [0.717, 1.165) is 43.2 Å². The molecule has 0 radical (unpaired) electrons. The molecule has 1 saturated heterocycles. The lowest BCUT2D eigenvalue weighted by atomic mass is 9.65. The van der Waals surface area contributed by atoms with Crippen LogP contribution < -0.4 is 0 Å². The Labute approximate surface area is 253 Å². The summed E-state index contributed by atoms with van der Waals surface area (Å²) < 4.78 is 27.8. The van der Waals surface area contributed by atoms with Crippen LogP contribution in [0.15, 0.2) is 48.5 Å². The van der Waals surface area contributed by atoms with Crippen LogP contribution in [0.2, 0.25) is 10.0 Å². The van der Waals surface area contributed by atoms with E-state index >= 15 is 0 Å². The lowest BCUT2D eigenvalue weighted by molar-refractivity contribution is -0.162. The number of benzene rings is 2. The standard InChI is InChI=1S/C32H39Cl2NO5S/c1-2-32(19-29(36)37)18-27(23-7-6-8-25(34)17-23)30(22-13-15-24(33)16-14-22)35(31(32)38)28(21-11-12-21)20-41(39,40)26-9-4-3-5-10-26/h6-8,13-17,21,26-28,30H,2-5,9-12,18-20H2,1H3,(H,36,37)/t27?,28-,30-,32+/m1/s1. The van der Waals surface area contributed by atoms with E-state index in [-0.39, 0.29) is 35.2 Å². The SMILES string of the molecule is CC[C@@]1(CC(=O)O)CC(c2cccc(Cl)c2)[C@@H](c2ccc(Cl)cc2)N([C@H](CS(=O)(=O)C2CCCCC2)C2CC2)C1=O. The maximum absolute atomic E-state index is 14.8. The molecule has 1 unspecified atom stereocenters. The molecule has 222 valence electrons. The molecule has 2 aliphatic carbocycles. The number of rotatable bonds is 10. The zero-order valence-corrected chi connectivity index (χ0v) is 25.8. The third-order valence-electron chi connectivity index (χ3n) is 9.62. The summed E-state index contributed by atoms with van der Waals surface area (Å²) in [5.74, 6) is -1.60. The van der Waals surface area contributed by atoms with Crippen LogP contribution in [0.1, 0.15) is 94.2 Å². The number of carbonyl (C=O) groups is 2. The number of nitrogens with zero attached hydrogens (tertiary/aromatic N) is 1. The fraction of sp³-hybridized carbons (Fsp3) is 0.562. The smallest absolute Gasteiger partial charge is 0.304 e. The highest BCUT2D eigenvalue weighted by Crippen LogP contribution is 2.55. The summed E-state index contributed by atoms with van der Waals surface area (Å²) in [6.07, 6.45) is 6.24. The van der Waals surface area contributed by atoms with Crippen molar-refractivity contribution in [2.45, 2.75) is 94.4 Å². The Kier molecular flexibility index (Phi) is 9.08. The molecule has 41 heavy (non-hydrogen) atoms. The summed E-state index contributed by atoms with van der Waals surface area (Å²) in [6.45, 7) is 1.86. The summed E-state index contributed by atoms with van der Waals surface area (Å²) in [6, 6.07) is 13.9. The molecule has 1 heterocycles. The highest BCUT2D eigenvalue weighted by atomic mass is 35.5. The first-order valence-corrected chi connectivity index (χ1v) is 17.3. The highest BCUT2D eigenvalue weighted by molar-refractivity contribution is 7.92. The molecule has 2 aromatic rings. The van der Waals surface area contributed by atoms with E-state index in [1.807, 2.05) is 42.2 Å². The van der Waals surface area contributed by atoms with E-state index in [2.05, 4.69) is 0 Å². The van der Waals surface area contributed by atoms with E-state index < -0.39 is 33.3 Å². The van der Waals surface area contributed by atoms with Gasteiger partial charge in [-0.05, 0) is 79.8 Å². The molecule has 6 nitrogen and oxygen atoms in total. The Morgan fingerprint density at radius 3 is 2.27 bits per heavy atom. The number of carboxylic acid groups (broad SMARTS) is 1. The van der Waals surface area contributed by atoms with Gasteiger partial charge in [0.2, 0.25) is 5.91 Å². The van der Waals surface area contributed by atoms with Gasteiger partial charge in [-0.25, -0.2) is 8.42 Å². The van der Waals surface area contributed by atoms with Crippen LogP contribution >= 0.6 is 23.2 Å². The third-order valence-corrected chi connectivity index (χ3v) is 12.4. The Hall–Kier alpha value is -2.09. The molecule has 0 spiro atoms. The molecule has 1 amide bonds. The van der Waals surface area contributed by atoms with Crippen molar-refractivity contribution in [2.75, 3.05) is 5.75 Å². The fourth-order valence-corrected chi connectivity index (χ4v) is 9.80. The van der Waals surface area contributed by atoms with Crippen LogP contribution in [0.5, 0.6) is 0 Å². The van der Waals surface area contributed by atoms with Crippen LogP contribution in [0, 0.1) is 11.3 Å². The number of carboxylic acids is 1. The topological polar surface area (TPSA) is 91.8 Å². The molecule has 1 aliphatic heterocycles. The summed E-state index contributed by atoms with van der Waals surface area (Å²) in [5, 5.41) is 10.7. The van der Waals surface area contributed by atoms with Crippen molar-refractivity contribution < 1.29 is 23.1 Å². The van der Waals surface area contributed by atoms with E-state index in [4.69, 9.17) is 23.2 Å². The summed E-state index contributed by atoms with van der Waals surface area (Å²) >= 11 is 12.7. The first-order chi connectivity index (χ1) is 19.5. The van der Waals surface area contributed by atoms with Crippen molar-refractivity contribution >= 4 is 44.9 Å². The number of amides is 1. The Morgan fingerprint density at radius 1 is 1.00 bits per heavy atom. The van der Waals surface area contributed by atoms with Gasteiger partial charge in [-0.2, -0.15) is 0 Å². The van der Waals surface area contributed by atoms with Crippen molar-refractivity contribution in [1.29, 1.82) is 0 Å². The molecule has 9 heteroatoms. The largest absolute Gasteiger partial charge is 0.481 e. The lowest BCUT2D eigenvalue weighted by Gasteiger charge is -2.53. The summed E-state index contributed by atoms with van der Waals surface area (Å²) in [4.78, 5) is 28.8. The van der Waals surface area contributed by atoms with Crippen LogP contribution in [-0.2, 0) is 19.4 Å². The molecular weight excluding hydrogens is 581 g/mol.